The van der Waals surface area contributed by atoms with Crippen LogP contribution in [0.5, 0.6) is 0 Å². The van der Waals surface area contributed by atoms with E-state index in [1.807, 2.05) is 12.1 Å². The number of aromatic nitrogens is 1. The van der Waals surface area contributed by atoms with Crippen LogP contribution in [0, 0.1) is 5.92 Å². The number of halogens is 3. The van der Waals surface area contributed by atoms with Gasteiger partial charge in [-0.2, -0.15) is 13.2 Å². The van der Waals surface area contributed by atoms with Gasteiger partial charge in [-0.3, -0.25) is 14.5 Å². The predicted molar refractivity (Wildman–Crippen MR) is 152 cm³/mol. The van der Waals surface area contributed by atoms with E-state index in [4.69, 9.17) is 4.74 Å². The van der Waals surface area contributed by atoms with Gasteiger partial charge in [0, 0.05) is 62.8 Å². The van der Waals surface area contributed by atoms with Crippen LogP contribution in [0.4, 0.5) is 24.7 Å². The number of nitrogens with one attached hydrogen (secondary N) is 1. The van der Waals surface area contributed by atoms with Crippen molar-refractivity contribution in [3.8, 4) is 11.1 Å². The highest BCUT2D eigenvalue weighted by Gasteiger charge is 2.30. The molecule has 42 heavy (non-hydrogen) atoms. The number of nitrogens with zero attached hydrogens (tertiary/aromatic N) is 3. The molecule has 1 aromatic heterocycles. The molecule has 5 rings (SSSR count). The number of piperidine rings is 1. The number of ether oxygens (including phenoxy) is 1. The summed E-state index contributed by atoms with van der Waals surface area (Å²) < 4.78 is 44.8. The van der Waals surface area contributed by atoms with Crippen molar-refractivity contribution in [1.29, 1.82) is 0 Å². The van der Waals surface area contributed by atoms with E-state index in [-0.39, 0.29) is 17.9 Å². The summed E-state index contributed by atoms with van der Waals surface area (Å²) in [6.45, 7) is 3.35. The first kappa shape index (κ1) is 29.5. The van der Waals surface area contributed by atoms with Crippen LogP contribution in [0.3, 0.4) is 0 Å². The highest BCUT2D eigenvalue weighted by molar-refractivity contribution is 6.04. The van der Waals surface area contributed by atoms with E-state index in [2.05, 4.69) is 20.1 Å². The molecular formula is C31H33F3N4O4. The monoisotopic (exact) mass is 582 g/mol. The fraction of sp³-hybridized carbons (Fsp3) is 0.387. The second-order valence-corrected chi connectivity index (χ2v) is 10.8. The van der Waals surface area contributed by atoms with Crippen molar-refractivity contribution in [1.82, 2.24) is 9.88 Å². The molecule has 8 nitrogen and oxygen atoms in total. The number of anilines is 2. The van der Waals surface area contributed by atoms with Crippen LogP contribution >= 0.6 is 0 Å². The Bertz CT molecular complexity index is 1410. The van der Waals surface area contributed by atoms with E-state index in [0.717, 1.165) is 42.9 Å². The molecule has 0 saturated carbocycles. The third-order valence-corrected chi connectivity index (χ3v) is 8.05. The molecule has 0 bridgehead atoms. The Morgan fingerprint density at radius 2 is 1.71 bits per heavy atom. The van der Waals surface area contributed by atoms with Crippen molar-refractivity contribution in [2.45, 2.75) is 38.1 Å². The molecule has 2 aromatic carbocycles. The number of amides is 1. The molecule has 2 fully saturated rings. The maximum absolute atomic E-state index is 13.1. The number of aliphatic carboxylic acids is 1. The van der Waals surface area contributed by atoms with Crippen molar-refractivity contribution < 1.29 is 32.6 Å². The van der Waals surface area contributed by atoms with E-state index in [1.165, 1.54) is 12.1 Å². The molecule has 3 aromatic rings. The number of alkyl halides is 3. The first-order valence-electron chi connectivity index (χ1n) is 13.9. The zero-order chi connectivity index (χ0) is 29.9. The average Bonchev–Trinajstić information content (AvgIpc) is 3.44. The van der Waals surface area contributed by atoms with Crippen molar-refractivity contribution in [2.75, 3.05) is 43.5 Å². The van der Waals surface area contributed by atoms with E-state index in [1.54, 1.807) is 31.5 Å². The van der Waals surface area contributed by atoms with Gasteiger partial charge < -0.3 is 20.1 Å². The lowest BCUT2D eigenvalue weighted by atomic mass is 9.96. The largest absolute Gasteiger partial charge is 0.481 e. The number of carboxylic acids is 1. The van der Waals surface area contributed by atoms with Gasteiger partial charge in [0.25, 0.3) is 5.91 Å². The Labute approximate surface area is 242 Å². The van der Waals surface area contributed by atoms with E-state index >= 15 is 0 Å². The first-order valence-corrected chi connectivity index (χ1v) is 13.9. The van der Waals surface area contributed by atoms with Gasteiger partial charge in [0.05, 0.1) is 17.6 Å². The minimum atomic E-state index is -4.42. The summed E-state index contributed by atoms with van der Waals surface area (Å²) in [5, 5.41) is 12.1. The third-order valence-electron chi connectivity index (χ3n) is 8.05. The molecule has 2 aliphatic rings. The molecule has 222 valence electrons. The summed E-state index contributed by atoms with van der Waals surface area (Å²) in [6, 6.07) is 13.9. The van der Waals surface area contributed by atoms with Crippen molar-refractivity contribution in [3.63, 3.8) is 0 Å². The highest BCUT2D eigenvalue weighted by Crippen LogP contribution is 2.33. The molecule has 0 radical (unpaired) electrons. The van der Waals surface area contributed by atoms with Gasteiger partial charge in [-0.15, -0.1) is 0 Å². The number of rotatable bonds is 8. The minimum Gasteiger partial charge on any atom is -0.481 e. The SMILES string of the molecule is COC1CCN(Cc2cc(NC(=O)c3ccc(N4CCC(C(=O)O)CC4)cc3)ncc2-c2ccc(C(F)(F)F)cc2)C1. The Hall–Kier alpha value is -3.96. The lowest BCUT2D eigenvalue weighted by Gasteiger charge is -2.32. The third kappa shape index (κ3) is 6.91. The molecule has 0 spiro atoms. The summed E-state index contributed by atoms with van der Waals surface area (Å²) in [5.74, 6) is -1.08. The summed E-state index contributed by atoms with van der Waals surface area (Å²) in [4.78, 5) is 33.0. The van der Waals surface area contributed by atoms with Gasteiger partial charge in [-0.25, -0.2) is 4.98 Å². The fourth-order valence-electron chi connectivity index (χ4n) is 5.57. The van der Waals surface area contributed by atoms with Crippen LogP contribution in [0.1, 0.15) is 40.7 Å². The van der Waals surface area contributed by atoms with E-state index in [9.17, 15) is 27.9 Å². The second-order valence-electron chi connectivity index (χ2n) is 10.8. The summed E-state index contributed by atoms with van der Waals surface area (Å²) >= 11 is 0. The van der Waals surface area contributed by atoms with E-state index < -0.39 is 17.7 Å². The number of likely N-dealkylation sites (tertiary alicyclic amines) is 1. The maximum atomic E-state index is 13.1. The zero-order valence-corrected chi connectivity index (χ0v) is 23.2. The normalized spacial score (nSPS) is 18.3. The predicted octanol–water partition coefficient (Wildman–Crippen LogP) is 5.54. The lowest BCUT2D eigenvalue weighted by molar-refractivity contribution is -0.142. The molecular weight excluding hydrogens is 549 g/mol. The van der Waals surface area contributed by atoms with Crippen LogP contribution in [-0.2, 0) is 22.3 Å². The summed E-state index contributed by atoms with van der Waals surface area (Å²) in [5.41, 5.74) is 2.78. The second kappa shape index (κ2) is 12.5. The number of hydrogen-bond donors (Lipinski definition) is 2. The first-order chi connectivity index (χ1) is 20.1. The quantitative estimate of drug-likeness (QED) is 0.360. The number of hydrogen-bond acceptors (Lipinski definition) is 6. The van der Waals surface area contributed by atoms with Gasteiger partial charge >= 0.3 is 12.1 Å². The van der Waals surface area contributed by atoms with Crippen LogP contribution in [0.25, 0.3) is 11.1 Å². The molecule has 2 N–H and O–H groups in total. The molecule has 1 atom stereocenters. The van der Waals surface area contributed by atoms with Crippen molar-refractivity contribution >= 4 is 23.4 Å². The molecule has 11 heteroatoms. The summed E-state index contributed by atoms with van der Waals surface area (Å²) in [7, 11) is 1.68. The molecule has 3 heterocycles. The Balaban J connectivity index is 1.32. The smallest absolute Gasteiger partial charge is 0.416 e. The van der Waals surface area contributed by atoms with Crippen LogP contribution in [0.2, 0.25) is 0 Å². The zero-order valence-electron chi connectivity index (χ0n) is 23.2. The molecule has 1 amide bonds. The molecule has 2 aliphatic heterocycles. The van der Waals surface area contributed by atoms with Gasteiger partial charge in [-0.1, -0.05) is 12.1 Å². The standard InChI is InChI=1S/C31H33F3N4O4/c1-42-26-12-13-37(19-26)18-23-16-28(35-17-27(23)20-2-6-24(7-3-20)31(32,33)34)36-29(39)21-4-8-25(9-5-21)38-14-10-22(11-15-38)30(40)41/h2-9,16-17,22,26H,10-15,18-19H2,1H3,(H,40,41)(H,35,36,39). The number of carbonyl (C=O) groups is 2. The summed E-state index contributed by atoms with van der Waals surface area (Å²) in [6.07, 6.45) is -0.675. The number of carbonyl (C=O) groups excluding carboxylic acids is 1. The Morgan fingerprint density at radius 1 is 1.02 bits per heavy atom. The van der Waals surface area contributed by atoms with Crippen LogP contribution < -0.4 is 10.2 Å². The van der Waals surface area contributed by atoms with E-state index in [0.29, 0.717) is 55.0 Å². The molecule has 2 saturated heterocycles. The minimum absolute atomic E-state index is 0.118. The molecule has 1 unspecified atom stereocenters. The lowest BCUT2D eigenvalue weighted by Crippen LogP contribution is -2.36. The number of pyridine rings is 1. The van der Waals surface area contributed by atoms with Gasteiger partial charge in [0.1, 0.15) is 5.82 Å². The average molecular weight is 583 g/mol. The maximum Gasteiger partial charge on any atom is 0.416 e. The van der Waals surface area contributed by atoms with Gasteiger partial charge in [0.15, 0.2) is 0 Å². The number of benzene rings is 2. The van der Waals surface area contributed by atoms with Crippen molar-refractivity contribution in [2.24, 2.45) is 5.92 Å². The fourth-order valence-corrected chi connectivity index (χ4v) is 5.57. The molecule has 0 aliphatic carbocycles. The number of carboxylic acid groups (broad SMARTS) is 1. The van der Waals surface area contributed by atoms with Crippen LogP contribution in [-0.4, -0.2) is 66.3 Å². The highest BCUT2D eigenvalue weighted by atomic mass is 19.4. The van der Waals surface area contributed by atoms with Crippen LogP contribution in [0.15, 0.2) is 60.8 Å². The topological polar surface area (TPSA) is 95.0 Å². The van der Waals surface area contributed by atoms with Gasteiger partial charge in [0.2, 0.25) is 0 Å². The van der Waals surface area contributed by atoms with Gasteiger partial charge in [-0.05, 0) is 72.9 Å². The van der Waals surface area contributed by atoms with Crippen molar-refractivity contribution in [3.05, 3.63) is 77.5 Å². The Kier molecular flexibility index (Phi) is 8.79. The number of methoxy groups -OCH3 is 1. The Morgan fingerprint density at radius 3 is 2.31 bits per heavy atom.